The molecule has 1 N–H and O–H groups in total. The third kappa shape index (κ3) is 5.59. The van der Waals surface area contributed by atoms with Crippen molar-refractivity contribution in [3.05, 3.63) is 50.4 Å². The van der Waals surface area contributed by atoms with E-state index in [0.717, 1.165) is 24.9 Å². The van der Waals surface area contributed by atoms with Crippen molar-refractivity contribution in [2.45, 2.75) is 0 Å². The number of amides is 2. The maximum absolute atomic E-state index is 13.1. The smallest absolute Gasteiger partial charge is 0.280 e. The Bertz CT molecular complexity index is 1150. The number of nitro benzene ring substituents is 1. The number of carbonyl (C=O) groups is 2. The van der Waals surface area contributed by atoms with Crippen molar-refractivity contribution < 1.29 is 19.2 Å². The van der Waals surface area contributed by atoms with Crippen LogP contribution in [0, 0.1) is 10.1 Å². The van der Waals surface area contributed by atoms with Crippen LogP contribution in [0.5, 0.6) is 5.75 Å². The summed E-state index contributed by atoms with van der Waals surface area (Å²) in [6.45, 7) is 2.61. The van der Waals surface area contributed by atoms with Gasteiger partial charge in [0.1, 0.15) is 5.75 Å². The lowest BCUT2D eigenvalue weighted by atomic mass is 10.1. The lowest BCUT2D eigenvalue weighted by Crippen LogP contribution is -2.54. The van der Waals surface area contributed by atoms with Crippen LogP contribution in [0.4, 0.5) is 10.8 Å². The summed E-state index contributed by atoms with van der Waals surface area (Å²) in [6, 6.07) is 3.99. The molecule has 178 valence electrons. The normalized spacial score (nSPS) is 18.5. The van der Waals surface area contributed by atoms with Crippen LogP contribution in [0.25, 0.3) is 6.08 Å². The molecular formula is C20H20N6O5S3. The van der Waals surface area contributed by atoms with E-state index in [1.54, 1.807) is 11.6 Å². The van der Waals surface area contributed by atoms with Crippen molar-refractivity contribution in [1.29, 1.82) is 0 Å². The minimum Gasteiger partial charge on any atom is -0.483 e. The van der Waals surface area contributed by atoms with Crippen LogP contribution in [0.1, 0.15) is 5.56 Å². The number of nitrogens with one attached hydrogen (secondary N) is 1. The molecule has 0 unspecified atom stereocenters. The standard InChI is InChI=1S/C20H20N6O5S3/c1-23-5-7-24(8-6-23)25-18(28)16(34-20(25)32)11-13-10-14(26(29)30)2-3-15(13)31-12-17(27)22-19-21-4-9-33-19/h2-4,9-11H,5-8,12H2,1H3,(H,21,22,27)/b16-11-. The molecule has 0 bridgehead atoms. The number of nitrogens with zero attached hydrogens (tertiary/aromatic N) is 5. The number of thiazole rings is 1. The highest BCUT2D eigenvalue weighted by atomic mass is 32.2. The Balaban J connectivity index is 1.54. The highest BCUT2D eigenvalue weighted by Gasteiger charge is 2.37. The zero-order chi connectivity index (χ0) is 24.2. The molecule has 0 aliphatic carbocycles. The Morgan fingerprint density at radius 3 is 2.79 bits per heavy atom. The molecule has 2 amide bonds. The number of aromatic nitrogens is 1. The minimum absolute atomic E-state index is 0.166. The summed E-state index contributed by atoms with van der Waals surface area (Å²) in [5.74, 6) is -0.496. The van der Waals surface area contributed by atoms with Crippen LogP contribution in [-0.2, 0) is 9.59 Å². The fourth-order valence-electron chi connectivity index (χ4n) is 3.32. The molecule has 2 saturated heterocycles. The number of carbonyl (C=O) groups excluding carboxylic acids is 2. The van der Waals surface area contributed by atoms with E-state index in [2.05, 4.69) is 15.2 Å². The predicted octanol–water partition coefficient (Wildman–Crippen LogP) is 2.43. The number of hydrazine groups is 1. The maximum Gasteiger partial charge on any atom is 0.280 e. The summed E-state index contributed by atoms with van der Waals surface area (Å²) < 4.78 is 6.02. The van der Waals surface area contributed by atoms with Gasteiger partial charge in [-0.3, -0.25) is 25.0 Å². The van der Waals surface area contributed by atoms with E-state index in [0.29, 0.717) is 33.0 Å². The Labute approximate surface area is 208 Å². The van der Waals surface area contributed by atoms with Gasteiger partial charge in [0.15, 0.2) is 16.1 Å². The molecule has 3 heterocycles. The second-order valence-electron chi connectivity index (χ2n) is 7.40. The number of rotatable bonds is 7. The van der Waals surface area contributed by atoms with Gasteiger partial charge < -0.3 is 9.64 Å². The lowest BCUT2D eigenvalue weighted by Gasteiger charge is -2.37. The van der Waals surface area contributed by atoms with E-state index in [9.17, 15) is 19.7 Å². The summed E-state index contributed by atoms with van der Waals surface area (Å²) in [5.41, 5.74) is 0.135. The van der Waals surface area contributed by atoms with Crippen molar-refractivity contribution in [3.8, 4) is 5.75 Å². The van der Waals surface area contributed by atoms with E-state index >= 15 is 0 Å². The second-order valence-corrected chi connectivity index (χ2v) is 9.97. The third-order valence-electron chi connectivity index (χ3n) is 5.06. The number of anilines is 1. The first kappa shape index (κ1) is 24.2. The third-order valence-corrected chi connectivity index (χ3v) is 7.04. The van der Waals surface area contributed by atoms with Gasteiger partial charge in [-0.1, -0.05) is 24.0 Å². The SMILES string of the molecule is CN1CCN(N2C(=O)/C(=C/c3cc([N+](=O)[O-])ccc3OCC(=O)Nc3nccs3)SC2=S)CC1. The lowest BCUT2D eigenvalue weighted by molar-refractivity contribution is -0.384. The molecule has 0 atom stereocenters. The Morgan fingerprint density at radius 1 is 1.35 bits per heavy atom. The van der Waals surface area contributed by atoms with Gasteiger partial charge in [0.05, 0.1) is 9.83 Å². The minimum atomic E-state index is -0.536. The molecule has 0 radical (unpaired) electrons. The van der Waals surface area contributed by atoms with Gasteiger partial charge in [0, 0.05) is 55.5 Å². The topological polar surface area (TPSA) is 121 Å². The first-order chi connectivity index (χ1) is 16.3. The van der Waals surface area contributed by atoms with Gasteiger partial charge in [-0.05, 0) is 19.2 Å². The number of nitro groups is 1. The quantitative estimate of drug-likeness (QED) is 0.252. The fraction of sp³-hybridized carbons (Fsp3) is 0.300. The fourth-order valence-corrected chi connectivity index (χ4v) is 5.16. The number of thioether (sulfide) groups is 1. The van der Waals surface area contributed by atoms with Crippen LogP contribution in [0.15, 0.2) is 34.7 Å². The largest absolute Gasteiger partial charge is 0.483 e. The average Bonchev–Trinajstić information content (AvgIpc) is 3.41. The van der Waals surface area contributed by atoms with Crippen LogP contribution in [0.3, 0.4) is 0 Å². The summed E-state index contributed by atoms with van der Waals surface area (Å²) >= 11 is 7.83. The number of benzene rings is 1. The van der Waals surface area contributed by atoms with Crippen molar-refractivity contribution in [1.82, 2.24) is 19.9 Å². The highest BCUT2D eigenvalue weighted by molar-refractivity contribution is 8.26. The van der Waals surface area contributed by atoms with Crippen molar-refractivity contribution >= 4 is 68.3 Å². The molecule has 0 spiro atoms. The van der Waals surface area contributed by atoms with Gasteiger partial charge >= 0.3 is 0 Å². The molecule has 1 aromatic carbocycles. The second kappa shape index (κ2) is 10.6. The number of likely N-dealkylation sites (N-methyl/N-ethyl adjacent to an activating group) is 1. The molecule has 14 heteroatoms. The zero-order valence-corrected chi connectivity index (χ0v) is 20.5. The first-order valence-corrected chi connectivity index (χ1v) is 12.2. The Morgan fingerprint density at radius 2 is 2.12 bits per heavy atom. The number of hydrogen-bond acceptors (Lipinski definition) is 11. The van der Waals surface area contributed by atoms with Crippen LogP contribution in [0.2, 0.25) is 0 Å². The van der Waals surface area contributed by atoms with Crippen LogP contribution < -0.4 is 10.1 Å². The number of hydrogen-bond donors (Lipinski definition) is 1. The first-order valence-electron chi connectivity index (χ1n) is 10.1. The molecule has 2 fully saturated rings. The molecular weight excluding hydrogens is 500 g/mol. The van der Waals surface area contributed by atoms with Crippen molar-refractivity contribution in [2.24, 2.45) is 0 Å². The maximum atomic E-state index is 13.1. The molecule has 0 saturated carbocycles. The number of thiocarbonyl (C=S) groups is 1. The summed E-state index contributed by atoms with van der Waals surface area (Å²) in [6.07, 6.45) is 3.07. The predicted molar refractivity (Wildman–Crippen MR) is 133 cm³/mol. The molecule has 2 aromatic rings. The van der Waals surface area contributed by atoms with Gasteiger partial charge in [0.2, 0.25) is 0 Å². The number of ether oxygens (including phenoxy) is 1. The van der Waals surface area contributed by atoms with Crippen LogP contribution in [-0.4, -0.2) is 80.8 Å². The van der Waals surface area contributed by atoms with Gasteiger partial charge in [-0.2, -0.15) is 0 Å². The average molecular weight is 521 g/mol. The van der Waals surface area contributed by atoms with E-state index < -0.39 is 10.8 Å². The molecule has 34 heavy (non-hydrogen) atoms. The zero-order valence-electron chi connectivity index (χ0n) is 18.0. The van der Waals surface area contributed by atoms with E-state index in [1.807, 2.05) is 12.1 Å². The van der Waals surface area contributed by atoms with Gasteiger partial charge in [-0.15, -0.1) is 11.3 Å². The molecule has 2 aliphatic rings. The van der Waals surface area contributed by atoms with E-state index in [4.69, 9.17) is 17.0 Å². The Kier molecular flexibility index (Phi) is 7.53. The van der Waals surface area contributed by atoms with E-state index in [-0.39, 0.29) is 24.0 Å². The molecule has 2 aliphatic heterocycles. The molecule has 4 rings (SSSR count). The summed E-state index contributed by atoms with van der Waals surface area (Å²) in [7, 11) is 2.02. The van der Waals surface area contributed by atoms with E-state index in [1.165, 1.54) is 40.6 Å². The number of piperazine rings is 1. The van der Waals surface area contributed by atoms with Gasteiger partial charge in [0.25, 0.3) is 17.5 Å². The van der Waals surface area contributed by atoms with Gasteiger partial charge in [-0.25, -0.2) is 15.0 Å². The van der Waals surface area contributed by atoms with Crippen molar-refractivity contribution in [3.63, 3.8) is 0 Å². The summed E-state index contributed by atoms with van der Waals surface area (Å²) in [5, 5.41) is 19.5. The highest BCUT2D eigenvalue weighted by Crippen LogP contribution is 2.36. The molecule has 1 aromatic heterocycles. The van der Waals surface area contributed by atoms with Crippen molar-refractivity contribution in [2.75, 3.05) is 45.2 Å². The number of non-ortho nitro benzene ring substituents is 1. The summed E-state index contributed by atoms with van der Waals surface area (Å²) in [4.78, 5) is 42.5. The van der Waals surface area contributed by atoms with Crippen LogP contribution >= 0.6 is 35.3 Å². The monoisotopic (exact) mass is 520 g/mol. The Hall–Kier alpha value is -2.91. The molecule has 11 nitrogen and oxygen atoms in total.